The molecule has 0 fully saturated rings. The molecule has 1 amide bonds. The molecule has 0 radical (unpaired) electrons. The lowest BCUT2D eigenvalue weighted by Gasteiger charge is -2.34. The van der Waals surface area contributed by atoms with E-state index in [9.17, 15) is 18.0 Å². The van der Waals surface area contributed by atoms with Gasteiger partial charge in [0, 0.05) is 18.2 Å². The second kappa shape index (κ2) is 5.48. The van der Waals surface area contributed by atoms with Crippen molar-refractivity contribution < 1.29 is 23.1 Å². The van der Waals surface area contributed by atoms with Crippen LogP contribution in [0.3, 0.4) is 0 Å². The molecule has 0 saturated heterocycles. The van der Waals surface area contributed by atoms with Crippen molar-refractivity contribution in [1.82, 2.24) is 4.90 Å². The number of carbonyl (C=O) groups excluding carboxylic acids is 1. The standard InChI is InChI=1S/C10H19NO5S/c1-10(2,3)11(7-9(13)14)8(12)5-6-17(4,15)16/h5-7H2,1-4H3,(H,13,14). The molecule has 0 heterocycles. The smallest absolute Gasteiger partial charge is 0.323 e. The molecule has 0 aliphatic carbocycles. The van der Waals surface area contributed by atoms with E-state index in [2.05, 4.69) is 0 Å². The van der Waals surface area contributed by atoms with Crippen LogP contribution in [0.1, 0.15) is 27.2 Å². The number of hydrogen-bond acceptors (Lipinski definition) is 4. The SMILES string of the molecule is CC(C)(C)N(CC(=O)O)C(=O)CCS(C)(=O)=O. The fourth-order valence-corrected chi connectivity index (χ4v) is 1.79. The topological polar surface area (TPSA) is 91.8 Å². The number of amides is 1. The minimum Gasteiger partial charge on any atom is -0.480 e. The molecule has 0 aliphatic heterocycles. The van der Waals surface area contributed by atoms with Gasteiger partial charge >= 0.3 is 5.97 Å². The zero-order valence-corrected chi connectivity index (χ0v) is 11.4. The highest BCUT2D eigenvalue weighted by Crippen LogP contribution is 2.14. The maximum absolute atomic E-state index is 11.8. The van der Waals surface area contributed by atoms with Crippen LogP contribution in [-0.2, 0) is 19.4 Å². The van der Waals surface area contributed by atoms with Crippen LogP contribution in [0.5, 0.6) is 0 Å². The van der Waals surface area contributed by atoms with Gasteiger partial charge in [-0.3, -0.25) is 9.59 Å². The van der Waals surface area contributed by atoms with E-state index in [1.54, 1.807) is 20.8 Å². The summed E-state index contributed by atoms with van der Waals surface area (Å²) in [6, 6.07) is 0. The van der Waals surface area contributed by atoms with Crippen molar-refractivity contribution in [3.05, 3.63) is 0 Å². The van der Waals surface area contributed by atoms with Gasteiger partial charge in [-0.2, -0.15) is 0 Å². The lowest BCUT2D eigenvalue weighted by molar-refractivity contribution is -0.148. The number of hydrogen-bond donors (Lipinski definition) is 1. The molecule has 0 rings (SSSR count). The van der Waals surface area contributed by atoms with Crippen molar-refractivity contribution in [2.24, 2.45) is 0 Å². The minimum absolute atomic E-state index is 0.191. The molecule has 0 aromatic heterocycles. The van der Waals surface area contributed by atoms with Crippen LogP contribution >= 0.6 is 0 Å². The predicted molar refractivity (Wildman–Crippen MR) is 63.4 cm³/mol. The monoisotopic (exact) mass is 265 g/mol. The van der Waals surface area contributed by atoms with Crippen LogP contribution in [0.25, 0.3) is 0 Å². The largest absolute Gasteiger partial charge is 0.480 e. The first kappa shape index (κ1) is 15.9. The molecule has 1 N–H and O–H groups in total. The van der Waals surface area contributed by atoms with E-state index < -0.39 is 33.8 Å². The van der Waals surface area contributed by atoms with Crippen LogP contribution in [-0.4, -0.2) is 54.4 Å². The third-order valence-electron chi connectivity index (χ3n) is 2.09. The highest BCUT2D eigenvalue weighted by molar-refractivity contribution is 7.90. The van der Waals surface area contributed by atoms with Crippen LogP contribution in [0.15, 0.2) is 0 Å². The zero-order valence-electron chi connectivity index (χ0n) is 10.6. The van der Waals surface area contributed by atoms with E-state index in [4.69, 9.17) is 5.11 Å². The number of nitrogens with zero attached hydrogens (tertiary/aromatic N) is 1. The van der Waals surface area contributed by atoms with Crippen molar-refractivity contribution in [1.29, 1.82) is 0 Å². The lowest BCUT2D eigenvalue weighted by atomic mass is 10.1. The van der Waals surface area contributed by atoms with E-state index >= 15 is 0 Å². The second-order valence-electron chi connectivity index (χ2n) is 4.92. The van der Waals surface area contributed by atoms with E-state index in [0.29, 0.717) is 0 Å². The van der Waals surface area contributed by atoms with Gasteiger partial charge in [-0.15, -0.1) is 0 Å². The lowest BCUT2D eigenvalue weighted by Crippen LogP contribution is -2.48. The Morgan fingerprint density at radius 3 is 2.00 bits per heavy atom. The van der Waals surface area contributed by atoms with Crippen LogP contribution in [0.2, 0.25) is 0 Å². The Kier molecular flexibility index (Phi) is 5.12. The molecule has 0 spiro atoms. The van der Waals surface area contributed by atoms with Crippen molar-refractivity contribution in [3.63, 3.8) is 0 Å². The summed E-state index contributed by atoms with van der Waals surface area (Å²) in [6.07, 6.45) is 0.849. The third-order valence-corrected chi connectivity index (χ3v) is 3.04. The van der Waals surface area contributed by atoms with Crippen LogP contribution < -0.4 is 0 Å². The average Bonchev–Trinajstić information content (AvgIpc) is 2.07. The summed E-state index contributed by atoms with van der Waals surface area (Å²) in [4.78, 5) is 23.6. The van der Waals surface area contributed by atoms with Crippen LogP contribution in [0.4, 0.5) is 0 Å². The van der Waals surface area contributed by atoms with E-state index in [-0.39, 0.29) is 12.2 Å². The summed E-state index contributed by atoms with van der Waals surface area (Å²) in [5, 5.41) is 8.71. The van der Waals surface area contributed by atoms with E-state index in [0.717, 1.165) is 6.26 Å². The Morgan fingerprint density at radius 2 is 1.71 bits per heavy atom. The summed E-state index contributed by atoms with van der Waals surface area (Å²) in [6.45, 7) is 4.68. The Bertz CT molecular complexity index is 393. The highest BCUT2D eigenvalue weighted by Gasteiger charge is 2.28. The van der Waals surface area contributed by atoms with Gasteiger partial charge in [0.25, 0.3) is 0 Å². The maximum atomic E-state index is 11.8. The van der Waals surface area contributed by atoms with Crippen molar-refractivity contribution in [3.8, 4) is 0 Å². The first-order valence-electron chi connectivity index (χ1n) is 5.13. The number of sulfone groups is 1. The Morgan fingerprint density at radius 1 is 1.24 bits per heavy atom. The molecule has 7 heteroatoms. The van der Waals surface area contributed by atoms with E-state index in [1.807, 2.05) is 0 Å². The predicted octanol–water partition coefficient (Wildman–Crippen LogP) is 0.133. The van der Waals surface area contributed by atoms with Crippen LogP contribution in [0, 0.1) is 0 Å². The summed E-state index contributed by atoms with van der Waals surface area (Å²) < 4.78 is 21.9. The van der Waals surface area contributed by atoms with Crippen molar-refractivity contribution in [2.45, 2.75) is 32.7 Å². The van der Waals surface area contributed by atoms with Crippen molar-refractivity contribution in [2.75, 3.05) is 18.6 Å². The molecular weight excluding hydrogens is 246 g/mol. The van der Waals surface area contributed by atoms with Gasteiger partial charge in [0.15, 0.2) is 0 Å². The van der Waals surface area contributed by atoms with Gasteiger partial charge in [0.2, 0.25) is 5.91 Å². The van der Waals surface area contributed by atoms with Gasteiger partial charge in [0.1, 0.15) is 16.4 Å². The summed E-state index contributed by atoms with van der Waals surface area (Å²) >= 11 is 0. The Hall–Kier alpha value is -1.11. The number of carbonyl (C=O) groups is 2. The number of carboxylic acids is 1. The molecule has 0 saturated carbocycles. The van der Waals surface area contributed by atoms with Crippen molar-refractivity contribution >= 4 is 21.7 Å². The first-order valence-corrected chi connectivity index (χ1v) is 7.19. The maximum Gasteiger partial charge on any atom is 0.323 e. The molecule has 0 bridgehead atoms. The van der Waals surface area contributed by atoms with Gasteiger partial charge in [-0.1, -0.05) is 0 Å². The number of aliphatic carboxylic acids is 1. The summed E-state index contributed by atoms with van der Waals surface area (Å²) in [5.74, 6) is -1.85. The first-order chi connectivity index (χ1) is 7.43. The fraction of sp³-hybridized carbons (Fsp3) is 0.800. The summed E-state index contributed by atoms with van der Waals surface area (Å²) in [7, 11) is -3.22. The molecule has 0 aromatic rings. The molecule has 17 heavy (non-hydrogen) atoms. The van der Waals surface area contributed by atoms with Gasteiger partial charge in [-0.25, -0.2) is 8.42 Å². The Labute approximate surface area is 102 Å². The number of rotatable bonds is 5. The fourth-order valence-electron chi connectivity index (χ4n) is 1.24. The zero-order chi connectivity index (χ0) is 13.9. The quantitative estimate of drug-likeness (QED) is 0.763. The molecule has 0 unspecified atom stereocenters. The second-order valence-corrected chi connectivity index (χ2v) is 7.18. The molecule has 0 atom stereocenters. The summed E-state index contributed by atoms with van der Waals surface area (Å²) in [5.41, 5.74) is -0.646. The van der Waals surface area contributed by atoms with Gasteiger partial charge in [-0.05, 0) is 20.8 Å². The minimum atomic E-state index is -3.22. The van der Waals surface area contributed by atoms with Gasteiger partial charge < -0.3 is 10.0 Å². The molecule has 0 aromatic carbocycles. The van der Waals surface area contributed by atoms with Gasteiger partial charge in [0.05, 0.1) is 5.75 Å². The molecule has 6 nitrogen and oxygen atoms in total. The molecular formula is C10H19NO5S. The molecule has 0 aliphatic rings. The highest BCUT2D eigenvalue weighted by atomic mass is 32.2. The van der Waals surface area contributed by atoms with E-state index in [1.165, 1.54) is 4.90 Å². The third kappa shape index (κ3) is 6.93. The Balaban J connectivity index is 4.72. The number of carboxylic acid groups (broad SMARTS) is 1. The average molecular weight is 265 g/mol. The normalized spacial score (nSPS) is 12.2. The molecule has 100 valence electrons.